The summed E-state index contributed by atoms with van der Waals surface area (Å²) < 4.78 is 0. The molecule has 2 rings (SSSR count). The third-order valence-electron chi connectivity index (χ3n) is 2.36. The van der Waals surface area contributed by atoms with Gasteiger partial charge in [-0.3, -0.25) is 0 Å². The number of aromatic amines is 1. The molecule has 0 atom stereocenters. The normalized spacial score (nSPS) is 11.9. The molecule has 0 saturated heterocycles. The van der Waals surface area contributed by atoms with Crippen molar-refractivity contribution in [1.29, 1.82) is 0 Å². The Morgan fingerprint density at radius 2 is 2.40 bits per heavy atom. The summed E-state index contributed by atoms with van der Waals surface area (Å²) in [6.07, 6.45) is 5.79. The van der Waals surface area contributed by atoms with E-state index in [0.29, 0.717) is 0 Å². The largest absolute Gasteiger partial charge is 0.367 e. The highest BCUT2D eigenvalue weighted by Crippen LogP contribution is 2.22. The molecule has 2 heterocycles. The molecular weight excluding hydrogens is 206 g/mol. The number of aromatic nitrogens is 2. The zero-order valence-corrected chi connectivity index (χ0v) is 9.77. The molecule has 4 heteroatoms. The number of nitrogens with one attached hydrogen (secondary N) is 2. The lowest BCUT2D eigenvalue weighted by molar-refractivity contribution is 0.399. The van der Waals surface area contributed by atoms with E-state index < -0.39 is 0 Å². The van der Waals surface area contributed by atoms with Crippen molar-refractivity contribution in [2.45, 2.75) is 25.9 Å². The Morgan fingerprint density at radius 3 is 3.00 bits per heavy atom. The van der Waals surface area contributed by atoms with Crippen molar-refractivity contribution in [3.05, 3.63) is 40.6 Å². The van der Waals surface area contributed by atoms with E-state index in [9.17, 15) is 0 Å². The fraction of sp³-hybridized carbons (Fsp3) is 0.364. The van der Waals surface area contributed by atoms with Crippen LogP contribution in [0.2, 0.25) is 0 Å². The minimum atomic E-state index is -0.0641. The van der Waals surface area contributed by atoms with Crippen LogP contribution in [-0.2, 0) is 12.1 Å². The number of hydrogen-bond acceptors (Lipinski definition) is 3. The van der Waals surface area contributed by atoms with Crippen LogP contribution >= 0.6 is 11.3 Å². The molecule has 0 aliphatic rings. The zero-order chi connectivity index (χ0) is 10.7. The first-order valence-corrected chi connectivity index (χ1v) is 5.83. The lowest BCUT2D eigenvalue weighted by atomic mass is 10.1. The number of thiazole rings is 1. The fourth-order valence-corrected chi connectivity index (χ4v) is 2.14. The van der Waals surface area contributed by atoms with Crippen molar-refractivity contribution in [1.82, 2.24) is 15.3 Å². The molecule has 2 aromatic heterocycles. The Balaban J connectivity index is 1.99. The van der Waals surface area contributed by atoms with Gasteiger partial charge in [-0.1, -0.05) is 0 Å². The van der Waals surface area contributed by atoms with Gasteiger partial charge in [0.15, 0.2) is 0 Å². The molecule has 0 fully saturated rings. The van der Waals surface area contributed by atoms with Crippen molar-refractivity contribution >= 4 is 11.3 Å². The molecule has 0 radical (unpaired) electrons. The summed E-state index contributed by atoms with van der Waals surface area (Å²) in [6.45, 7) is 5.16. The van der Waals surface area contributed by atoms with Crippen LogP contribution in [0.3, 0.4) is 0 Å². The van der Waals surface area contributed by atoms with E-state index in [4.69, 9.17) is 0 Å². The molecule has 2 N–H and O–H groups in total. The Kier molecular flexibility index (Phi) is 2.88. The molecule has 80 valence electrons. The maximum Gasteiger partial charge on any atom is 0.112 e. The molecular formula is C11H15N3S. The maximum atomic E-state index is 4.34. The van der Waals surface area contributed by atoms with E-state index in [0.717, 1.165) is 11.6 Å². The second-order valence-electron chi connectivity index (χ2n) is 4.04. The fourth-order valence-electron chi connectivity index (χ4n) is 1.40. The predicted octanol–water partition coefficient (Wildman–Crippen LogP) is 2.50. The molecule has 0 saturated carbocycles. The summed E-state index contributed by atoms with van der Waals surface area (Å²) in [5.41, 5.74) is 1.20. The first kappa shape index (κ1) is 10.4. The molecule has 0 unspecified atom stereocenters. The van der Waals surface area contributed by atoms with E-state index in [1.54, 1.807) is 11.3 Å². The van der Waals surface area contributed by atoms with E-state index in [1.807, 2.05) is 24.0 Å². The molecule has 0 amide bonds. The van der Waals surface area contributed by atoms with Gasteiger partial charge in [-0.05, 0) is 25.5 Å². The van der Waals surface area contributed by atoms with Gasteiger partial charge in [0.05, 0.1) is 5.54 Å². The third kappa shape index (κ3) is 2.46. The standard InChI is InChI=1S/C11H15N3S/c1-11(2,10-13-5-6-15-10)14-8-9-3-4-12-7-9/h3-7,12,14H,8H2,1-2H3. The molecule has 0 aromatic carbocycles. The Labute approximate surface area is 93.6 Å². The van der Waals surface area contributed by atoms with E-state index in [2.05, 4.69) is 35.2 Å². The van der Waals surface area contributed by atoms with Gasteiger partial charge in [0, 0.05) is 30.5 Å². The number of H-pyrrole nitrogens is 1. The van der Waals surface area contributed by atoms with Gasteiger partial charge in [0.1, 0.15) is 5.01 Å². The second kappa shape index (κ2) is 4.16. The lowest BCUT2D eigenvalue weighted by Crippen LogP contribution is -2.35. The summed E-state index contributed by atoms with van der Waals surface area (Å²) >= 11 is 1.69. The average Bonchev–Trinajstić information content (AvgIpc) is 2.88. The van der Waals surface area contributed by atoms with Gasteiger partial charge >= 0.3 is 0 Å². The molecule has 3 nitrogen and oxygen atoms in total. The molecule has 0 aliphatic heterocycles. The minimum absolute atomic E-state index is 0.0641. The summed E-state index contributed by atoms with van der Waals surface area (Å²) in [5.74, 6) is 0. The molecule has 0 aliphatic carbocycles. The average molecular weight is 221 g/mol. The van der Waals surface area contributed by atoms with Crippen molar-refractivity contribution in [2.24, 2.45) is 0 Å². The summed E-state index contributed by atoms with van der Waals surface area (Å²) in [7, 11) is 0. The van der Waals surface area contributed by atoms with Gasteiger partial charge in [0.25, 0.3) is 0 Å². The van der Waals surface area contributed by atoms with Crippen molar-refractivity contribution < 1.29 is 0 Å². The summed E-state index contributed by atoms with van der Waals surface area (Å²) in [5, 5.41) is 6.62. The van der Waals surface area contributed by atoms with Crippen LogP contribution < -0.4 is 5.32 Å². The topological polar surface area (TPSA) is 40.7 Å². The predicted molar refractivity (Wildman–Crippen MR) is 62.8 cm³/mol. The van der Waals surface area contributed by atoms with Crippen LogP contribution in [0.1, 0.15) is 24.4 Å². The van der Waals surface area contributed by atoms with Gasteiger partial charge in [-0.2, -0.15) is 0 Å². The van der Waals surface area contributed by atoms with Crippen LogP contribution in [0.15, 0.2) is 30.0 Å². The third-order valence-corrected chi connectivity index (χ3v) is 3.46. The highest BCUT2D eigenvalue weighted by atomic mass is 32.1. The highest BCUT2D eigenvalue weighted by molar-refractivity contribution is 7.09. The van der Waals surface area contributed by atoms with Crippen LogP contribution in [0.5, 0.6) is 0 Å². The van der Waals surface area contributed by atoms with Gasteiger partial charge in [-0.25, -0.2) is 4.98 Å². The van der Waals surface area contributed by atoms with Crippen molar-refractivity contribution in [2.75, 3.05) is 0 Å². The van der Waals surface area contributed by atoms with Crippen molar-refractivity contribution in [3.63, 3.8) is 0 Å². The van der Waals surface area contributed by atoms with E-state index in [-0.39, 0.29) is 5.54 Å². The summed E-state index contributed by atoms with van der Waals surface area (Å²) in [6, 6.07) is 2.07. The quantitative estimate of drug-likeness (QED) is 0.832. The first-order valence-electron chi connectivity index (χ1n) is 4.95. The molecule has 15 heavy (non-hydrogen) atoms. The van der Waals surface area contributed by atoms with Crippen LogP contribution in [-0.4, -0.2) is 9.97 Å². The van der Waals surface area contributed by atoms with Crippen molar-refractivity contribution in [3.8, 4) is 0 Å². The van der Waals surface area contributed by atoms with E-state index in [1.165, 1.54) is 5.56 Å². The Hall–Kier alpha value is -1.13. The molecule has 0 spiro atoms. The van der Waals surface area contributed by atoms with Gasteiger partial charge < -0.3 is 10.3 Å². The smallest absolute Gasteiger partial charge is 0.112 e. The molecule has 0 bridgehead atoms. The van der Waals surface area contributed by atoms with Crippen LogP contribution in [0.4, 0.5) is 0 Å². The second-order valence-corrected chi connectivity index (χ2v) is 4.93. The highest BCUT2D eigenvalue weighted by Gasteiger charge is 2.22. The lowest BCUT2D eigenvalue weighted by Gasteiger charge is -2.23. The Morgan fingerprint density at radius 1 is 1.53 bits per heavy atom. The minimum Gasteiger partial charge on any atom is -0.367 e. The number of hydrogen-bond donors (Lipinski definition) is 2. The maximum absolute atomic E-state index is 4.34. The van der Waals surface area contributed by atoms with E-state index >= 15 is 0 Å². The van der Waals surface area contributed by atoms with Crippen LogP contribution in [0, 0.1) is 0 Å². The Bertz CT molecular complexity index is 389. The number of nitrogens with zero attached hydrogens (tertiary/aromatic N) is 1. The van der Waals surface area contributed by atoms with Crippen LogP contribution in [0.25, 0.3) is 0 Å². The first-order chi connectivity index (χ1) is 7.18. The monoisotopic (exact) mass is 221 g/mol. The molecule has 2 aromatic rings. The zero-order valence-electron chi connectivity index (χ0n) is 8.95. The summed E-state index contributed by atoms with van der Waals surface area (Å²) in [4.78, 5) is 7.38. The SMILES string of the molecule is CC(C)(NCc1cc[nH]c1)c1nccs1. The van der Waals surface area contributed by atoms with Gasteiger partial charge in [-0.15, -0.1) is 11.3 Å². The number of rotatable bonds is 4. The van der Waals surface area contributed by atoms with Gasteiger partial charge in [0.2, 0.25) is 0 Å².